The lowest BCUT2D eigenvalue weighted by Crippen LogP contribution is -2.22. The summed E-state index contributed by atoms with van der Waals surface area (Å²) in [4.78, 5) is 10.3. The summed E-state index contributed by atoms with van der Waals surface area (Å²) >= 11 is 0. The van der Waals surface area contributed by atoms with Crippen LogP contribution in [0.2, 0.25) is 0 Å². The van der Waals surface area contributed by atoms with Crippen LogP contribution < -0.4 is 5.11 Å². The molecule has 0 aliphatic rings. The van der Waals surface area contributed by atoms with Crippen LogP contribution in [0.4, 0.5) is 13.2 Å². The van der Waals surface area contributed by atoms with Crippen molar-refractivity contribution in [3.8, 4) is 0 Å². The minimum Gasteiger partial charge on any atom is -0.545 e. The van der Waals surface area contributed by atoms with E-state index >= 15 is 0 Å². The van der Waals surface area contributed by atoms with Gasteiger partial charge >= 0.3 is 6.36 Å². The van der Waals surface area contributed by atoms with Gasteiger partial charge in [0.15, 0.2) is 0 Å². The van der Waals surface area contributed by atoms with E-state index in [9.17, 15) is 23.1 Å². The lowest BCUT2D eigenvalue weighted by atomic mass is 10.1. The maximum absolute atomic E-state index is 11.6. The van der Waals surface area contributed by atoms with Gasteiger partial charge in [0, 0.05) is 0 Å². The van der Waals surface area contributed by atoms with E-state index < -0.39 is 18.9 Å². The molecule has 15 heavy (non-hydrogen) atoms. The van der Waals surface area contributed by atoms with Crippen LogP contribution in [-0.2, 0) is 11.3 Å². The first-order chi connectivity index (χ1) is 6.88. The van der Waals surface area contributed by atoms with Crippen molar-refractivity contribution in [2.24, 2.45) is 0 Å². The lowest BCUT2D eigenvalue weighted by Gasteiger charge is -2.08. The third-order valence-corrected chi connectivity index (χ3v) is 1.59. The molecule has 6 heteroatoms. The van der Waals surface area contributed by atoms with Crippen LogP contribution in [0.3, 0.4) is 0 Å². The zero-order valence-electron chi connectivity index (χ0n) is 7.38. The Balaban J connectivity index is 2.61. The quantitative estimate of drug-likeness (QED) is 0.764. The smallest absolute Gasteiger partial charge is 0.522 e. The highest BCUT2D eigenvalue weighted by molar-refractivity contribution is 5.85. The van der Waals surface area contributed by atoms with Crippen LogP contribution in [0.15, 0.2) is 24.3 Å². The van der Waals surface area contributed by atoms with Crippen molar-refractivity contribution in [2.75, 3.05) is 0 Å². The maximum Gasteiger partial charge on any atom is 0.522 e. The molecule has 3 nitrogen and oxygen atoms in total. The Morgan fingerprint density at radius 3 is 2.20 bits per heavy atom. The summed E-state index contributed by atoms with van der Waals surface area (Å²) in [5.41, 5.74) is 0.142. The number of halogens is 3. The molecule has 0 heterocycles. The van der Waals surface area contributed by atoms with Crippen LogP contribution >= 0.6 is 0 Å². The second kappa shape index (κ2) is 4.31. The van der Waals surface area contributed by atoms with Gasteiger partial charge in [-0.2, -0.15) is 0 Å². The van der Waals surface area contributed by atoms with E-state index in [4.69, 9.17) is 0 Å². The monoisotopic (exact) mass is 219 g/mol. The highest BCUT2D eigenvalue weighted by atomic mass is 19.4. The summed E-state index contributed by atoms with van der Waals surface area (Å²) in [6, 6.07) is 4.78. The molecule has 0 saturated heterocycles. The summed E-state index contributed by atoms with van der Waals surface area (Å²) in [6.07, 6.45) is -4.69. The molecule has 0 fully saturated rings. The number of carbonyl (C=O) groups excluding carboxylic acids is 1. The summed E-state index contributed by atoms with van der Waals surface area (Å²) < 4.78 is 38.4. The average Bonchev–Trinajstić information content (AvgIpc) is 2.14. The first-order valence-corrected chi connectivity index (χ1v) is 3.89. The molecule has 0 saturated carbocycles. The van der Waals surface area contributed by atoms with Crippen molar-refractivity contribution in [3.63, 3.8) is 0 Å². The Hall–Kier alpha value is -1.56. The number of aromatic carboxylic acids is 1. The summed E-state index contributed by atoms with van der Waals surface area (Å²) in [6.45, 7) is -0.642. The van der Waals surface area contributed by atoms with Gasteiger partial charge in [-0.15, -0.1) is 13.2 Å². The second-order valence-electron chi connectivity index (χ2n) is 2.72. The minimum atomic E-state index is -4.69. The van der Waals surface area contributed by atoms with Gasteiger partial charge in [-0.3, -0.25) is 4.74 Å². The van der Waals surface area contributed by atoms with Crippen LogP contribution in [0.1, 0.15) is 15.9 Å². The molecular formula is C9H6F3O3-. The zero-order valence-corrected chi connectivity index (χ0v) is 7.38. The van der Waals surface area contributed by atoms with Gasteiger partial charge in [-0.25, -0.2) is 0 Å². The van der Waals surface area contributed by atoms with E-state index in [2.05, 4.69) is 4.74 Å². The Bertz CT molecular complexity index is 343. The molecule has 0 unspecified atom stereocenters. The van der Waals surface area contributed by atoms with Crippen LogP contribution in [0, 0.1) is 0 Å². The van der Waals surface area contributed by atoms with E-state index in [1.165, 1.54) is 12.1 Å². The van der Waals surface area contributed by atoms with Gasteiger partial charge in [0.2, 0.25) is 0 Å². The normalized spacial score (nSPS) is 11.4. The summed E-state index contributed by atoms with van der Waals surface area (Å²) in [7, 11) is 0. The molecule has 0 bridgehead atoms. The van der Waals surface area contributed by atoms with Crippen molar-refractivity contribution in [2.45, 2.75) is 13.0 Å². The van der Waals surface area contributed by atoms with Gasteiger partial charge < -0.3 is 9.90 Å². The van der Waals surface area contributed by atoms with Crippen LogP contribution in [0.5, 0.6) is 0 Å². The predicted molar refractivity (Wildman–Crippen MR) is 41.6 cm³/mol. The van der Waals surface area contributed by atoms with Crippen molar-refractivity contribution >= 4 is 5.97 Å². The molecule has 0 N–H and O–H groups in total. The number of rotatable bonds is 3. The van der Waals surface area contributed by atoms with E-state index in [1.54, 1.807) is 0 Å². The molecule has 1 aromatic carbocycles. The number of benzene rings is 1. The number of carboxylic acids is 1. The second-order valence-corrected chi connectivity index (χ2v) is 2.72. The van der Waals surface area contributed by atoms with Crippen LogP contribution in [0.25, 0.3) is 0 Å². The van der Waals surface area contributed by atoms with E-state index in [1.807, 2.05) is 0 Å². The molecule has 1 rings (SSSR count). The third-order valence-electron chi connectivity index (χ3n) is 1.59. The molecule has 1 aromatic rings. The van der Waals surface area contributed by atoms with E-state index in [-0.39, 0.29) is 11.1 Å². The topological polar surface area (TPSA) is 49.4 Å². The Kier molecular flexibility index (Phi) is 3.31. The number of ether oxygens (including phenoxy) is 1. The molecule has 0 amide bonds. The molecule has 0 radical (unpaired) electrons. The molecule has 82 valence electrons. The largest absolute Gasteiger partial charge is 0.545 e. The van der Waals surface area contributed by atoms with E-state index in [0.29, 0.717) is 0 Å². The maximum atomic E-state index is 11.6. The number of carboxylic acid groups (broad SMARTS) is 1. The molecular weight excluding hydrogens is 213 g/mol. The number of alkyl halides is 3. The van der Waals surface area contributed by atoms with Crippen molar-refractivity contribution in [1.29, 1.82) is 0 Å². The highest BCUT2D eigenvalue weighted by Crippen LogP contribution is 2.18. The minimum absolute atomic E-state index is 0.0919. The zero-order chi connectivity index (χ0) is 11.5. The highest BCUT2D eigenvalue weighted by Gasteiger charge is 2.28. The van der Waals surface area contributed by atoms with Gasteiger partial charge in [-0.1, -0.05) is 24.3 Å². The number of hydrogen-bond acceptors (Lipinski definition) is 3. The van der Waals surface area contributed by atoms with E-state index in [0.717, 1.165) is 12.1 Å². The van der Waals surface area contributed by atoms with Crippen LogP contribution in [-0.4, -0.2) is 12.3 Å². The van der Waals surface area contributed by atoms with Gasteiger partial charge in [0.1, 0.15) is 0 Å². The summed E-state index contributed by atoms with van der Waals surface area (Å²) in [5, 5.41) is 10.3. The Labute approximate surface area is 83.1 Å². The van der Waals surface area contributed by atoms with Crippen molar-refractivity contribution in [1.82, 2.24) is 0 Å². The van der Waals surface area contributed by atoms with Gasteiger partial charge in [0.25, 0.3) is 0 Å². The molecule has 0 atom stereocenters. The molecule has 0 aliphatic heterocycles. The fourth-order valence-corrected chi connectivity index (χ4v) is 0.902. The standard InChI is InChI=1S/C9H7F3O3/c10-9(11,12)15-5-6-1-3-7(4-2-6)8(13)14/h1-4H,5H2,(H,13,14)/p-1. The molecule has 0 spiro atoms. The fourth-order valence-electron chi connectivity index (χ4n) is 0.902. The molecule has 0 aromatic heterocycles. The first-order valence-electron chi connectivity index (χ1n) is 3.89. The number of hydrogen-bond donors (Lipinski definition) is 0. The SMILES string of the molecule is O=C([O-])c1ccc(COC(F)(F)F)cc1. The Morgan fingerprint density at radius 1 is 1.27 bits per heavy atom. The summed E-state index contributed by atoms with van der Waals surface area (Å²) in [5.74, 6) is -1.38. The molecule has 0 aliphatic carbocycles. The van der Waals surface area contributed by atoms with Crippen molar-refractivity contribution in [3.05, 3.63) is 35.4 Å². The number of carbonyl (C=O) groups is 1. The Morgan fingerprint density at radius 2 is 1.80 bits per heavy atom. The third kappa shape index (κ3) is 3.99. The van der Waals surface area contributed by atoms with Gasteiger partial charge in [-0.05, 0) is 11.1 Å². The van der Waals surface area contributed by atoms with Gasteiger partial charge in [0.05, 0.1) is 12.6 Å². The lowest BCUT2D eigenvalue weighted by molar-refractivity contribution is -0.330. The van der Waals surface area contributed by atoms with Crippen molar-refractivity contribution < 1.29 is 27.8 Å². The first kappa shape index (κ1) is 11.5. The average molecular weight is 219 g/mol. The predicted octanol–water partition coefficient (Wildman–Crippen LogP) is 1.09. The fraction of sp³-hybridized carbons (Fsp3) is 0.222.